The third-order valence-corrected chi connectivity index (χ3v) is 6.10. The zero-order valence-corrected chi connectivity index (χ0v) is 16.9. The predicted octanol–water partition coefficient (Wildman–Crippen LogP) is 4.01. The van der Waals surface area contributed by atoms with Gasteiger partial charge in [0.2, 0.25) is 5.16 Å². The second-order valence-corrected chi connectivity index (χ2v) is 8.18. The molecule has 0 spiro atoms. The first kappa shape index (κ1) is 18.0. The van der Waals surface area contributed by atoms with Crippen LogP contribution < -0.4 is 0 Å². The minimum absolute atomic E-state index is 0.105. The summed E-state index contributed by atoms with van der Waals surface area (Å²) >= 11 is 1.42. The number of hydrogen-bond donors (Lipinski definition) is 0. The van der Waals surface area contributed by atoms with Crippen molar-refractivity contribution in [3.8, 4) is 5.69 Å². The van der Waals surface area contributed by atoms with Gasteiger partial charge in [-0.05, 0) is 80.3 Å². The van der Waals surface area contributed by atoms with E-state index >= 15 is 0 Å². The van der Waals surface area contributed by atoms with Gasteiger partial charge >= 0.3 is 0 Å². The molecule has 4 rings (SSSR count). The lowest BCUT2D eigenvalue weighted by molar-refractivity contribution is 0.102. The number of carbonyl (C=O) groups excluding carboxylic acids is 1. The summed E-state index contributed by atoms with van der Waals surface area (Å²) in [7, 11) is 0. The van der Waals surface area contributed by atoms with Crippen LogP contribution in [0.3, 0.4) is 0 Å². The molecule has 0 radical (unpaired) electrons. The summed E-state index contributed by atoms with van der Waals surface area (Å²) in [4.78, 5) is 12.9. The van der Waals surface area contributed by atoms with E-state index in [4.69, 9.17) is 0 Å². The van der Waals surface area contributed by atoms with E-state index in [1.54, 1.807) is 0 Å². The summed E-state index contributed by atoms with van der Waals surface area (Å²) in [5.74, 6) is 0.443. The minimum atomic E-state index is 0.105. The Morgan fingerprint density at radius 3 is 2.63 bits per heavy atom. The highest BCUT2D eigenvalue weighted by molar-refractivity contribution is 7.99. The van der Waals surface area contributed by atoms with Crippen LogP contribution in [0.25, 0.3) is 5.69 Å². The first-order valence-corrected chi connectivity index (χ1v) is 10.1. The number of thioether (sulfide) groups is 1. The van der Waals surface area contributed by atoms with Gasteiger partial charge in [0.05, 0.1) is 11.8 Å². The Morgan fingerprint density at radius 2 is 1.93 bits per heavy atom. The van der Waals surface area contributed by atoms with Crippen molar-refractivity contribution < 1.29 is 4.79 Å². The van der Waals surface area contributed by atoms with Gasteiger partial charge < -0.3 is 4.57 Å². The standard InChI is InChI=1S/C20H23N5OS/c1-12-5-6-17(9-13(12)2)24-14(3)10-18(15(24)4)19(26)11-27-20-21-22-23-25(20)16-7-8-16/h5-6,9-10,16H,7-8,11H2,1-4H3. The van der Waals surface area contributed by atoms with Crippen molar-refractivity contribution in [1.82, 2.24) is 24.8 Å². The van der Waals surface area contributed by atoms with E-state index in [0.717, 1.165) is 40.6 Å². The van der Waals surface area contributed by atoms with Crippen LogP contribution in [0.5, 0.6) is 0 Å². The molecule has 3 aromatic rings. The third-order valence-electron chi connectivity index (χ3n) is 5.17. The number of rotatable bonds is 6. The second kappa shape index (κ2) is 6.96. The average Bonchev–Trinajstić information content (AvgIpc) is 3.30. The lowest BCUT2D eigenvalue weighted by Crippen LogP contribution is -2.07. The quantitative estimate of drug-likeness (QED) is 0.477. The predicted molar refractivity (Wildman–Crippen MR) is 106 cm³/mol. The molecule has 0 atom stereocenters. The largest absolute Gasteiger partial charge is 0.318 e. The van der Waals surface area contributed by atoms with E-state index in [2.05, 4.69) is 52.1 Å². The average molecular weight is 382 g/mol. The van der Waals surface area contributed by atoms with Gasteiger partial charge in [-0.2, -0.15) is 0 Å². The lowest BCUT2D eigenvalue weighted by Gasteiger charge is -2.12. The van der Waals surface area contributed by atoms with Gasteiger partial charge in [-0.25, -0.2) is 4.68 Å². The van der Waals surface area contributed by atoms with Gasteiger partial charge in [0.15, 0.2) is 5.78 Å². The summed E-state index contributed by atoms with van der Waals surface area (Å²) in [6.07, 6.45) is 2.23. The van der Waals surface area contributed by atoms with Crippen LogP contribution in [-0.4, -0.2) is 36.3 Å². The van der Waals surface area contributed by atoms with Crippen LogP contribution in [0.4, 0.5) is 0 Å². The Hall–Kier alpha value is -2.41. The Kier molecular flexibility index (Phi) is 4.63. The molecule has 1 aromatic carbocycles. The number of Topliss-reactive ketones (excluding diaryl/α,β-unsaturated/α-hetero) is 1. The summed E-state index contributed by atoms with van der Waals surface area (Å²) in [6, 6.07) is 8.79. The molecule has 7 heteroatoms. The molecule has 1 saturated carbocycles. The number of nitrogens with zero attached hydrogens (tertiary/aromatic N) is 5. The molecule has 27 heavy (non-hydrogen) atoms. The van der Waals surface area contributed by atoms with Crippen molar-refractivity contribution in [1.29, 1.82) is 0 Å². The zero-order chi connectivity index (χ0) is 19.1. The number of ketones is 1. The SMILES string of the molecule is Cc1ccc(-n2c(C)cc(C(=O)CSc3nnnn3C3CC3)c2C)cc1C. The first-order valence-electron chi connectivity index (χ1n) is 9.16. The Balaban J connectivity index is 1.56. The maximum atomic E-state index is 12.9. The number of carbonyl (C=O) groups is 1. The van der Waals surface area contributed by atoms with Gasteiger partial charge in [-0.3, -0.25) is 4.79 Å². The van der Waals surface area contributed by atoms with E-state index in [9.17, 15) is 4.79 Å². The van der Waals surface area contributed by atoms with Crippen LogP contribution in [0.2, 0.25) is 0 Å². The molecule has 0 unspecified atom stereocenters. The van der Waals surface area contributed by atoms with Crippen LogP contribution in [0, 0.1) is 27.7 Å². The molecular weight excluding hydrogens is 358 g/mol. The highest BCUT2D eigenvalue weighted by Gasteiger charge is 2.28. The third kappa shape index (κ3) is 3.43. The maximum Gasteiger partial charge on any atom is 0.210 e. The molecule has 1 aliphatic rings. The highest BCUT2D eigenvalue weighted by atomic mass is 32.2. The summed E-state index contributed by atoms with van der Waals surface area (Å²) in [5.41, 5.74) is 6.41. The van der Waals surface area contributed by atoms with Gasteiger partial charge in [-0.15, -0.1) is 5.10 Å². The fourth-order valence-corrected chi connectivity index (χ4v) is 4.17. The summed E-state index contributed by atoms with van der Waals surface area (Å²) in [6.45, 7) is 8.27. The fraction of sp³-hybridized carbons (Fsp3) is 0.400. The van der Waals surface area contributed by atoms with Gasteiger partial charge in [-0.1, -0.05) is 17.8 Å². The fourth-order valence-electron chi connectivity index (χ4n) is 3.34. The van der Waals surface area contributed by atoms with Crippen LogP contribution >= 0.6 is 11.8 Å². The highest BCUT2D eigenvalue weighted by Crippen LogP contribution is 2.36. The van der Waals surface area contributed by atoms with Crippen molar-refractivity contribution in [3.63, 3.8) is 0 Å². The van der Waals surface area contributed by atoms with Crippen molar-refractivity contribution in [3.05, 3.63) is 52.3 Å². The molecule has 0 bridgehead atoms. The van der Waals surface area contributed by atoms with Gasteiger partial charge in [0.1, 0.15) is 0 Å². The molecule has 1 fully saturated rings. The Bertz CT molecular complexity index is 1020. The minimum Gasteiger partial charge on any atom is -0.318 e. The van der Waals surface area contributed by atoms with Crippen molar-refractivity contribution >= 4 is 17.5 Å². The molecule has 0 aliphatic heterocycles. The van der Waals surface area contributed by atoms with Crippen molar-refractivity contribution in [2.24, 2.45) is 0 Å². The number of aromatic nitrogens is 5. The van der Waals surface area contributed by atoms with E-state index in [0.29, 0.717) is 11.8 Å². The maximum absolute atomic E-state index is 12.9. The molecule has 140 valence electrons. The molecular formula is C20H23N5OS. The topological polar surface area (TPSA) is 65.6 Å². The molecule has 0 N–H and O–H groups in total. The van der Waals surface area contributed by atoms with Gasteiger partial charge in [0.25, 0.3) is 0 Å². The van der Waals surface area contributed by atoms with Crippen molar-refractivity contribution in [2.75, 3.05) is 5.75 Å². The monoisotopic (exact) mass is 381 g/mol. The molecule has 2 heterocycles. The Labute approximate surface area is 163 Å². The molecule has 6 nitrogen and oxygen atoms in total. The van der Waals surface area contributed by atoms with Crippen LogP contribution in [0.1, 0.15) is 51.8 Å². The van der Waals surface area contributed by atoms with Crippen molar-refractivity contribution in [2.45, 2.75) is 51.7 Å². The molecule has 2 aromatic heterocycles. The zero-order valence-electron chi connectivity index (χ0n) is 16.1. The van der Waals surface area contributed by atoms with E-state index in [-0.39, 0.29) is 5.78 Å². The normalized spacial score (nSPS) is 13.9. The molecule has 0 saturated heterocycles. The number of benzene rings is 1. The first-order chi connectivity index (χ1) is 13.0. The van der Waals surface area contributed by atoms with Crippen LogP contribution in [-0.2, 0) is 0 Å². The van der Waals surface area contributed by atoms with Crippen LogP contribution in [0.15, 0.2) is 29.4 Å². The number of hydrogen-bond acceptors (Lipinski definition) is 5. The molecule has 1 aliphatic carbocycles. The van der Waals surface area contributed by atoms with Gasteiger partial charge in [0, 0.05) is 22.6 Å². The lowest BCUT2D eigenvalue weighted by atomic mass is 10.1. The Morgan fingerprint density at radius 1 is 1.15 bits per heavy atom. The number of aryl methyl sites for hydroxylation is 3. The van der Waals surface area contributed by atoms with E-state index in [1.165, 1.54) is 22.9 Å². The molecule has 0 amide bonds. The summed E-state index contributed by atoms with van der Waals surface area (Å²) < 4.78 is 3.99. The number of tetrazole rings is 1. The smallest absolute Gasteiger partial charge is 0.210 e. The second-order valence-electron chi connectivity index (χ2n) is 7.24. The van der Waals surface area contributed by atoms with E-state index in [1.807, 2.05) is 24.6 Å². The summed E-state index contributed by atoms with van der Waals surface area (Å²) in [5, 5.41) is 12.6. The van der Waals surface area contributed by atoms with E-state index < -0.39 is 0 Å².